The minimum Gasteiger partial charge on any atom is -0.507 e. The number of rotatable bonds is 4. The van der Waals surface area contributed by atoms with Gasteiger partial charge in [-0.05, 0) is 54.7 Å². The van der Waals surface area contributed by atoms with Gasteiger partial charge in [-0.1, -0.05) is 29.8 Å². The number of Topliss-reactive ketones (excluding diaryl/α,β-unsaturated/α-hetero) is 1. The average Bonchev–Trinajstić information content (AvgIpc) is 2.99. The van der Waals surface area contributed by atoms with Crippen LogP contribution in [0, 0.1) is 11.8 Å². The normalized spacial score (nSPS) is 22.8. The van der Waals surface area contributed by atoms with Crippen LogP contribution in [0.3, 0.4) is 0 Å². The maximum absolute atomic E-state index is 13.0. The Morgan fingerprint density at radius 1 is 1.23 bits per heavy atom. The lowest BCUT2D eigenvalue weighted by Gasteiger charge is -2.35. The van der Waals surface area contributed by atoms with Crippen molar-refractivity contribution < 1.29 is 19.4 Å². The fourth-order valence-corrected chi connectivity index (χ4v) is 4.93. The number of carbonyl (C=O) groups excluding carboxylic acids is 1. The molecule has 1 N–H and O–H groups in total. The molecule has 2 aromatic rings. The third-order valence-corrected chi connectivity index (χ3v) is 6.21. The number of hydrogen-bond donors (Lipinski definition) is 1. The summed E-state index contributed by atoms with van der Waals surface area (Å²) in [6, 6.07) is 8.81. The van der Waals surface area contributed by atoms with Gasteiger partial charge in [0.2, 0.25) is 5.78 Å². The van der Waals surface area contributed by atoms with Gasteiger partial charge in [-0.2, -0.15) is 0 Å². The summed E-state index contributed by atoms with van der Waals surface area (Å²) in [6.07, 6.45) is 2.91. The number of hydrogen-bond acceptors (Lipinski definition) is 5. The van der Waals surface area contributed by atoms with E-state index in [4.69, 9.17) is 9.47 Å². The number of halogens is 1. The van der Waals surface area contributed by atoms with Gasteiger partial charge in [-0.25, -0.2) is 0 Å². The predicted molar refractivity (Wildman–Crippen MR) is 120 cm³/mol. The van der Waals surface area contributed by atoms with Crippen molar-refractivity contribution in [2.24, 2.45) is 11.8 Å². The predicted octanol–water partition coefficient (Wildman–Crippen LogP) is 5.26. The lowest BCUT2D eigenvalue weighted by Crippen LogP contribution is -2.38. The number of nitrogens with zero attached hydrogens (tertiary/aromatic N) is 1. The Morgan fingerprint density at radius 3 is 2.67 bits per heavy atom. The van der Waals surface area contributed by atoms with Gasteiger partial charge in [-0.3, -0.25) is 9.69 Å². The zero-order chi connectivity index (χ0) is 21.4. The summed E-state index contributed by atoms with van der Waals surface area (Å²) in [5.74, 6) is 2.53. The SMILES string of the molecule is COc1ccc(Br)cc1/C=C1/Oc2c(ccc(O)c2CN2CC(C)CC(C)C2)C1=O. The highest BCUT2D eigenvalue weighted by molar-refractivity contribution is 9.10. The van der Waals surface area contributed by atoms with Crippen molar-refractivity contribution in [1.29, 1.82) is 0 Å². The largest absolute Gasteiger partial charge is 0.507 e. The molecule has 6 heteroatoms. The van der Waals surface area contributed by atoms with Crippen LogP contribution in [-0.4, -0.2) is 36.0 Å². The summed E-state index contributed by atoms with van der Waals surface area (Å²) in [5, 5.41) is 10.6. The number of piperidine rings is 1. The molecule has 2 atom stereocenters. The molecule has 0 saturated carbocycles. The van der Waals surface area contributed by atoms with E-state index in [-0.39, 0.29) is 17.3 Å². The van der Waals surface area contributed by atoms with Crippen molar-refractivity contribution >= 4 is 27.8 Å². The van der Waals surface area contributed by atoms with Crippen LogP contribution in [0.5, 0.6) is 17.2 Å². The third kappa shape index (κ3) is 4.12. The van der Waals surface area contributed by atoms with Crippen molar-refractivity contribution in [2.75, 3.05) is 20.2 Å². The molecule has 2 aromatic carbocycles. The van der Waals surface area contributed by atoms with E-state index in [2.05, 4.69) is 34.7 Å². The van der Waals surface area contributed by atoms with E-state index in [1.165, 1.54) is 6.42 Å². The van der Waals surface area contributed by atoms with Crippen molar-refractivity contribution in [2.45, 2.75) is 26.8 Å². The van der Waals surface area contributed by atoms with Crippen LogP contribution in [0.15, 0.2) is 40.6 Å². The van der Waals surface area contributed by atoms with Crippen LogP contribution in [0.25, 0.3) is 6.08 Å². The number of likely N-dealkylation sites (tertiary alicyclic amines) is 1. The summed E-state index contributed by atoms with van der Waals surface area (Å²) in [4.78, 5) is 15.3. The highest BCUT2D eigenvalue weighted by Crippen LogP contribution is 2.41. The molecule has 1 fully saturated rings. The molecule has 0 aromatic heterocycles. The topological polar surface area (TPSA) is 59.0 Å². The number of phenols is 1. The Labute approximate surface area is 185 Å². The van der Waals surface area contributed by atoms with Gasteiger partial charge in [0, 0.05) is 29.7 Å². The average molecular weight is 472 g/mol. The molecule has 2 unspecified atom stereocenters. The van der Waals surface area contributed by atoms with Gasteiger partial charge in [0.1, 0.15) is 17.2 Å². The number of ether oxygens (including phenoxy) is 2. The maximum atomic E-state index is 13.0. The molecule has 0 spiro atoms. The Kier molecular flexibility index (Phi) is 5.89. The molecule has 1 saturated heterocycles. The second-order valence-electron chi connectivity index (χ2n) is 8.41. The molecule has 2 aliphatic rings. The maximum Gasteiger partial charge on any atom is 0.231 e. The zero-order valence-electron chi connectivity index (χ0n) is 17.4. The van der Waals surface area contributed by atoms with Crippen molar-refractivity contribution in [3.63, 3.8) is 0 Å². The minimum atomic E-state index is -0.186. The van der Waals surface area contributed by atoms with Gasteiger partial charge in [0.15, 0.2) is 5.76 Å². The number of allylic oxidation sites excluding steroid dienone is 1. The fraction of sp³-hybridized carbons (Fsp3) is 0.375. The molecule has 158 valence electrons. The Bertz CT molecular complexity index is 1010. The van der Waals surface area contributed by atoms with E-state index >= 15 is 0 Å². The standard InChI is InChI=1S/C24H26BrNO4/c1-14-8-15(2)12-26(11-14)13-19-20(27)6-5-18-23(28)22(30-24(18)19)10-16-9-17(25)4-7-21(16)29-3/h4-7,9-10,14-15,27H,8,11-13H2,1-3H3/b22-10+. The molecule has 2 heterocycles. The molecular formula is C24H26BrNO4. The number of benzene rings is 2. The van der Waals surface area contributed by atoms with Gasteiger partial charge in [0.25, 0.3) is 0 Å². The summed E-state index contributed by atoms with van der Waals surface area (Å²) in [5.41, 5.74) is 1.90. The van der Waals surface area contributed by atoms with E-state index in [1.54, 1.807) is 25.3 Å². The molecule has 4 rings (SSSR count). The summed E-state index contributed by atoms with van der Waals surface area (Å²) >= 11 is 3.46. The molecule has 30 heavy (non-hydrogen) atoms. The van der Waals surface area contributed by atoms with Gasteiger partial charge in [0.05, 0.1) is 18.2 Å². The zero-order valence-corrected chi connectivity index (χ0v) is 19.0. The van der Waals surface area contributed by atoms with Gasteiger partial charge in [-0.15, -0.1) is 0 Å². The summed E-state index contributed by atoms with van der Waals surface area (Å²) in [7, 11) is 1.59. The molecule has 5 nitrogen and oxygen atoms in total. The van der Waals surface area contributed by atoms with Crippen molar-refractivity contribution in [3.8, 4) is 17.2 Å². The van der Waals surface area contributed by atoms with Crippen molar-refractivity contribution in [1.82, 2.24) is 4.90 Å². The number of carbonyl (C=O) groups is 1. The van der Waals surface area contributed by atoms with Crippen LogP contribution in [0.4, 0.5) is 0 Å². The summed E-state index contributed by atoms with van der Waals surface area (Å²) in [6.45, 7) is 7.01. The Balaban J connectivity index is 1.67. The number of methoxy groups -OCH3 is 1. The van der Waals surface area contributed by atoms with E-state index in [0.717, 1.165) is 23.1 Å². The second kappa shape index (κ2) is 8.44. The lowest BCUT2D eigenvalue weighted by atomic mass is 9.91. The monoisotopic (exact) mass is 471 g/mol. The first kappa shape index (κ1) is 20.9. The first-order valence-electron chi connectivity index (χ1n) is 10.2. The van der Waals surface area contributed by atoms with E-state index in [1.807, 2.05) is 18.2 Å². The van der Waals surface area contributed by atoms with Crippen LogP contribution < -0.4 is 9.47 Å². The third-order valence-electron chi connectivity index (χ3n) is 5.72. The van der Waals surface area contributed by atoms with Crippen LogP contribution in [-0.2, 0) is 6.54 Å². The quantitative estimate of drug-likeness (QED) is 0.616. The highest BCUT2D eigenvalue weighted by atomic mass is 79.9. The first-order chi connectivity index (χ1) is 14.4. The Hall–Kier alpha value is -2.31. The van der Waals surface area contributed by atoms with E-state index in [9.17, 15) is 9.90 Å². The smallest absolute Gasteiger partial charge is 0.231 e. The molecule has 0 bridgehead atoms. The minimum absolute atomic E-state index is 0.161. The lowest BCUT2D eigenvalue weighted by molar-refractivity contribution is 0.101. The van der Waals surface area contributed by atoms with E-state index in [0.29, 0.717) is 41.0 Å². The molecule has 0 amide bonds. The highest BCUT2D eigenvalue weighted by Gasteiger charge is 2.33. The summed E-state index contributed by atoms with van der Waals surface area (Å²) < 4.78 is 12.3. The molecular weight excluding hydrogens is 446 g/mol. The molecule has 2 aliphatic heterocycles. The second-order valence-corrected chi connectivity index (χ2v) is 9.32. The van der Waals surface area contributed by atoms with Crippen LogP contribution in [0.1, 0.15) is 41.8 Å². The number of aromatic hydroxyl groups is 1. The molecule has 0 aliphatic carbocycles. The van der Waals surface area contributed by atoms with Crippen LogP contribution >= 0.6 is 15.9 Å². The molecule has 0 radical (unpaired) electrons. The number of fused-ring (bicyclic) bond motifs is 1. The number of ketones is 1. The van der Waals surface area contributed by atoms with Crippen LogP contribution in [0.2, 0.25) is 0 Å². The number of phenolic OH excluding ortho intramolecular Hbond substituents is 1. The van der Waals surface area contributed by atoms with Gasteiger partial charge < -0.3 is 14.6 Å². The van der Waals surface area contributed by atoms with Gasteiger partial charge >= 0.3 is 0 Å². The van der Waals surface area contributed by atoms with E-state index < -0.39 is 0 Å². The first-order valence-corrected chi connectivity index (χ1v) is 11.0. The Morgan fingerprint density at radius 2 is 1.97 bits per heavy atom. The fourth-order valence-electron chi connectivity index (χ4n) is 4.55. The van der Waals surface area contributed by atoms with Crippen molar-refractivity contribution in [3.05, 3.63) is 57.3 Å².